The van der Waals surface area contributed by atoms with Gasteiger partial charge in [0.1, 0.15) is 4.88 Å². The molecule has 0 spiro atoms. The Balaban J connectivity index is 1.98. The largest absolute Gasteiger partial charge is 0.477 e. The molecule has 0 amide bonds. The van der Waals surface area contributed by atoms with Gasteiger partial charge in [0.15, 0.2) is 4.96 Å². The maximum atomic E-state index is 11.0. The summed E-state index contributed by atoms with van der Waals surface area (Å²) in [5.41, 5.74) is 4.40. The molecule has 0 fully saturated rings. The fraction of sp³-hybridized carbons (Fsp3) is 0.0769. The zero-order valence-electron chi connectivity index (χ0n) is 9.55. The zero-order valence-corrected chi connectivity index (χ0v) is 12.0. The number of carbonyl (C=O) groups is 1. The number of halogens is 1. The summed E-state index contributed by atoms with van der Waals surface area (Å²) in [6.07, 6.45) is 2.44. The van der Waals surface area contributed by atoms with Crippen LogP contribution in [0.3, 0.4) is 0 Å². The van der Waals surface area contributed by atoms with Crippen LogP contribution < -0.4 is 0 Å². The lowest BCUT2D eigenvalue weighted by atomic mass is 10.1. The van der Waals surface area contributed by atoms with Crippen LogP contribution >= 0.6 is 27.3 Å². The maximum Gasteiger partial charge on any atom is 0.347 e. The van der Waals surface area contributed by atoms with Gasteiger partial charge in [0.2, 0.25) is 0 Å². The summed E-state index contributed by atoms with van der Waals surface area (Å²) in [6.45, 7) is 0. The smallest absolute Gasteiger partial charge is 0.347 e. The maximum absolute atomic E-state index is 11.0. The van der Waals surface area contributed by atoms with E-state index in [4.69, 9.17) is 5.11 Å². The van der Waals surface area contributed by atoms with Gasteiger partial charge in [-0.3, -0.25) is 4.40 Å². The molecule has 0 bridgehead atoms. The summed E-state index contributed by atoms with van der Waals surface area (Å²) < 4.78 is 2.97. The van der Waals surface area contributed by atoms with Crippen LogP contribution in [0.4, 0.5) is 0 Å². The van der Waals surface area contributed by atoms with Gasteiger partial charge in [-0.15, -0.1) is 0 Å². The van der Waals surface area contributed by atoms with Gasteiger partial charge in [0.05, 0.1) is 11.4 Å². The third kappa shape index (κ3) is 1.44. The van der Waals surface area contributed by atoms with Crippen molar-refractivity contribution in [2.45, 2.75) is 6.42 Å². The quantitative estimate of drug-likeness (QED) is 0.580. The molecule has 1 N–H and O–H groups in total. The molecular formula is C13H7BrN2O2S. The molecule has 0 saturated carbocycles. The summed E-state index contributed by atoms with van der Waals surface area (Å²) in [5.74, 6) is -0.902. The number of nitrogens with zero attached hydrogens (tertiary/aromatic N) is 2. The summed E-state index contributed by atoms with van der Waals surface area (Å²) in [7, 11) is 0. The van der Waals surface area contributed by atoms with E-state index in [2.05, 4.69) is 27.0 Å². The summed E-state index contributed by atoms with van der Waals surface area (Å²) >= 11 is 4.76. The zero-order chi connectivity index (χ0) is 13.1. The van der Waals surface area contributed by atoms with Crippen molar-refractivity contribution in [2.24, 2.45) is 0 Å². The number of imidazole rings is 1. The van der Waals surface area contributed by atoms with Crippen LogP contribution in [0.5, 0.6) is 0 Å². The van der Waals surface area contributed by atoms with Crippen molar-refractivity contribution >= 4 is 38.2 Å². The van der Waals surface area contributed by atoms with Crippen molar-refractivity contribution in [3.63, 3.8) is 0 Å². The molecule has 0 unspecified atom stereocenters. The highest BCUT2D eigenvalue weighted by molar-refractivity contribution is 9.10. The van der Waals surface area contributed by atoms with E-state index in [0.29, 0.717) is 4.88 Å². The molecule has 0 aliphatic heterocycles. The van der Waals surface area contributed by atoms with Crippen molar-refractivity contribution in [2.75, 3.05) is 0 Å². The Bertz CT molecular complexity index is 850. The van der Waals surface area contributed by atoms with Gasteiger partial charge in [0.25, 0.3) is 0 Å². The number of carboxylic acid groups (broad SMARTS) is 1. The average Bonchev–Trinajstić information content (AvgIpc) is 2.98. The predicted octanol–water partition coefficient (Wildman–Crippen LogP) is 3.43. The van der Waals surface area contributed by atoms with Crippen LogP contribution in [0, 0.1) is 0 Å². The van der Waals surface area contributed by atoms with Crippen molar-refractivity contribution in [3.8, 4) is 11.3 Å². The highest BCUT2D eigenvalue weighted by atomic mass is 79.9. The molecule has 1 aliphatic carbocycles. The Morgan fingerprint density at radius 1 is 1.47 bits per heavy atom. The normalized spacial score (nSPS) is 12.7. The third-order valence-corrected chi connectivity index (χ3v) is 5.07. The molecular weight excluding hydrogens is 328 g/mol. The van der Waals surface area contributed by atoms with Gasteiger partial charge >= 0.3 is 5.97 Å². The molecule has 6 heteroatoms. The molecule has 0 saturated heterocycles. The minimum absolute atomic E-state index is 0.320. The number of hydrogen-bond donors (Lipinski definition) is 1. The summed E-state index contributed by atoms with van der Waals surface area (Å²) in [4.78, 5) is 16.6. The minimum atomic E-state index is -0.902. The molecule has 0 atom stereocenters. The van der Waals surface area contributed by atoms with Crippen molar-refractivity contribution in [1.29, 1.82) is 0 Å². The van der Waals surface area contributed by atoms with E-state index in [1.807, 2.05) is 16.5 Å². The second-order valence-electron chi connectivity index (χ2n) is 4.40. The Hall–Kier alpha value is -1.66. The number of thiazole rings is 1. The average molecular weight is 335 g/mol. The van der Waals surface area contributed by atoms with Gasteiger partial charge in [-0.05, 0) is 11.6 Å². The Labute approximate surface area is 120 Å². The molecule has 1 aliphatic rings. The van der Waals surface area contributed by atoms with Crippen molar-refractivity contribution in [1.82, 2.24) is 9.38 Å². The summed E-state index contributed by atoms with van der Waals surface area (Å²) in [5, 5.41) is 9.03. The van der Waals surface area contributed by atoms with Crippen LogP contribution in [0.1, 0.15) is 20.9 Å². The number of aromatic nitrogens is 2. The van der Waals surface area contributed by atoms with Crippen LogP contribution in [0.2, 0.25) is 0 Å². The Morgan fingerprint density at radius 3 is 3.11 bits per heavy atom. The van der Waals surface area contributed by atoms with E-state index in [9.17, 15) is 4.79 Å². The number of rotatable bonds is 1. The Kier molecular flexibility index (Phi) is 2.17. The second kappa shape index (κ2) is 3.68. The monoisotopic (exact) mass is 334 g/mol. The third-order valence-electron chi connectivity index (χ3n) is 3.35. The fourth-order valence-electron chi connectivity index (χ4n) is 2.50. The lowest BCUT2D eigenvalue weighted by molar-refractivity contribution is 0.0702. The first-order valence-electron chi connectivity index (χ1n) is 5.67. The van der Waals surface area contributed by atoms with Gasteiger partial charge in [-0.2, -0.15) is 0 Å². The minimum Gasteiger partial charge on any atom is -0.477 e. The van der Waals surface area contributed by atoms with Crippen molar-refractivity contribution in [3.05, 3.63) is 45.0 Å². The SMILES string of the molecule is O=C(O)c1cn2c3c(nc2s1)-c1cccc(Br)c1C3. The van der Waals surface area contributed by atoms with Crippen LogP contribution in [0.25, 0.3) is 16.2 Å². The van der Waals surface area contributed by atoms with Gasteiger partial charge < -0.3 is 5.11 Å². The number of hydrogen-bond acceptors (Lipinski definition) is 3. The van der Waals surface area contributed by atoms with Gasteiger partial charge in [-0.1, -0.05) is 39.4 Å². The molecule has 4 nitrogen and oxygen atoms in total. The first-order valence-corrected chi connectivity index (χ1v) is 7.28. The lowest BCUT2D eigenvalue weighted by Crippen LogP contribution is -1.93. The number of benzene rings is 1. The molecule has 2 heterocycles. The fourth-order valence-corrected chi connectivity index (χ4v) is 3.85. The highest BCUT2D eigenvalue weighted by Gasteiger charge is 2.27. The highest BCUT2D eigenvalue weighted by Crippen LogP contribution is 2.41. The standard InChI is InChI=1S/C13H7BrN2O2S/c14-8-3-1-2-6-7(8)4-9-11(6)15-13-16(9)5-10(19-13)12(17)18/h1-3,5H,4H2,(H,17,18). The Morgan fingerprint density at radius 2 is 2.32 bits per heavy atom. The number of carboxylic acids is 1. The van der Waals surface area contributed by atoms with E-state index in [0.717, 1.165) is 32.8 Å². The number of fused-ring (bicyclic) bond motifs is 5. The molecule has 4 rings (SSSR count). The van der Waals surface area contributed by atoms with Crippen LogP contribution in [-0.4, -0.2) is 20.5 Å². The van der Waals surface area contributed by atoms with E-state index in [1.165, 1.54) is 16.9 Å². The predicted molar refractivity (Wildman–Crippen MR) is 76.0 cm³/mol. The van der Waals surface area contributed by atoms with Crippen LogP contribution in [-0.2, 0) is 6.42 Å². The van der Waals surface area contributed by atoms with Crippen LogP contribution in [0.15, 0.2) is 28.9 Å². The second-order valence-corrected chi connectivity index (χ2v) is 6.27. The molecule has 3 aromatic rings. The molecule has 0 radical (unpaired) electrons. The van der Waals surface area contributed by atoms with E-state index in [-0.39, 0.29) is 0 Å². The first-order chi connectivity index (χ1) is 9.15. The van der Waals surface area contributed by atoms with Crippen molar-refractivity contribution < 1.29 is 9.90 Å². The van der Waals surface area contributed by atoms with E-state index >= 15 is 0 Å². The lowest BCUT2D eigenvalue weighted by Gasteiger charge is -2.00. The summed E-state index contributed by atoms with van der Waals surface area (Å²) in [6, 6.07) is 6.07. The molecule has 1 aromatic carbocycles. The van der Waals surface area contributed by atoms with E-state index < -0.39 is 5.97 Å². The molecule has 94 valence electrons. The van der Waals surface area contributed by atoms with Gasteiger partial charge in [0, 0.05) is 22.7 Å². The number of aromatic carboxylic acids is 1. The molecule has 19 heavy (non-hydrogen) atoms. The van der Waals surface area contributed by atoms with E-state index in [1.54, 1.807) is 6.20 Å². The first kappa shape index (κ1) is 11.2. The van der Waals surface area contributed by atoms with Gasteiger partial charge in [-0.25, -0.2) is 9.78 Å². The topological polar surface area (TPSA) is 54.6 Å². The molecule has 2 aromatic heterocycles.